The molecule has 134 valence electrons. The summed E-state index contributed by atoms with van der Waals surface area (Å²) in [6, 6.07) is 25.1. The van der Waals surface area contributed by atoms with Gasteiger partial charge in [-0.15, -0.1) is 0 Å². The zero-order valence-corrected chi connectivity index (χ0v) is 15.8. The highest BCUT2D eigenvalue weighted by Gasteiger charge is 2.20. The van der Waals surface area contributed by atoms with Crippen molar-refractivity contribution < 1.29 is 4.79 Å². The van der Waals surface area contributed by atoms with Crippen LogP contribution < -0.4 is 5.32 Å². The van der Waals surface area contributed by atoms with Crippen LogP contribution in [0.25, 0.3) is 33.2 Å². The van der Waals surface area contributed by atoms with Crippen LogP contribution in [0.1, 0.15) is 16.1 Å². The third-order valence-electron chi connectivity index (χ3n) is 5.21. The van der Waals surface area contributed by atoms with Gasteiger partial charge in [-0.2, -0.15) is 0 Å². The Morgan fingerprint density at radius 3 is 2.15 bits per heavy atom. The van der Waals surface area contributed by atoms with Crippen LogP contribution in [0.4, 0.5) is 0 Å². The molecule has 3 nitrogen and oxygen atoms in total. The standard InChI is InChI=1S/C24H22N2O/c1-16-22-20(14-9-15-21(22)26(3)23(16)24(27)25-2)19-13-8-7-12-18(19)17-10-5-4-6-11-17/h4-15H,1-3H3,(H,25,27). The van der Waals surface area contributed by atoms with E-state index in [1.807, 2.05) is 24.6 Å². The largest absolute Gasteiger partial charge is 0.354 e. The van der Waals surface area contributed by atoms with Crippen molar-refractivity contribution in [2.45, 2.75) is 6.92 Å². The molecule has 0 spiro atoms. The van der Waals surface area contributed by atoms with E-state index in [-0.39, 0.29) is 5.91 Å². The number of hydrogen-bond acceptors (Lipinski definition) is 1. The van der Waals surface area contributed by atoms with Crippen molar-refractivity contribution in [3.63, 3.8) is 0 Å². The van der Waals surface area contributed by atoms with Crippen LogP contribution in [-0.2, 0) is 7.05 Å². The Hall–Kier alpha value is -3.33. The van der Waals surface area contributed by atoms with E-state index in [0.29, 0.717) is 5.69 Å². The van der Waals surface area contributed by atoms with Crippen molar-refractivity contribution in [2.24, 2.45) is 7.05 Å². The van der Waals surface area contributed by atoms with Gasteiger partial charge in [0.25, 0.3) is 5.91 Å². The highest BCUT2D eigenvalue weighted by Crippen LogP contribution is 2.38. The van der Waals surface area contributed by atoms with Gasteiger partial charge in [-0.25, -0.2) is 0 Å². The van der Waals surface area contributed by atoms with E-state index in [4.69, 9.17) is 0 Å². The lowest BCUT2D eigenvalue weighted by Gasteiger charge is -2.12. The Kier molecular flexibility index (Phi) is 4.28. The first-order chi connectivity index (χ1) is 13.1. The second kappa shape index (κ2) is 6.76. The van der Waals surface area contributed by atoms with Crippen LogP contribution in [-0.4, -0.2) is 17.5 Å². The Balaban J connectivity index is 2.04. The van der Waals surface area contributed by atoms with Crippen molar-refractivity contribution >= 4 is 16.8 Å². The third kappa shape index (κ3) is 2.72. The van der Waals surface area contributed by atoms with Gasteiger partial charge in [0.15, 0.2) is 0 Å². The summed E-state index contributed by atoms with van der Waals surface area (Å²) < 4.78 is 1.98. The topological polar surface area (TPSA) is 34.0 Å². The van der Waals surface area contributed by atoms with Crippen molar-refractivity contribution in [2.75, 3.05) is 7.05 Å². The highest BCUT2D eigenvalue weighted by molar-refractivity contribution is 6.07. The Labute approximate surface area is 159 Å². The lowest BCUT2D eigenvalue weighted by Crippen LogP contribution is -2.21. The molecule has 4 aromatic rings. The molecule has 0 fully saturated rings. The fraction of sp³-hybridized carbons (Fsp3) is 0.125. The van der Waals surface area contributed by atoms with Gasteiger partial charge < -0.3 is 9.88 Å². The van der Waals surface area contributed by atoms with Gasteiger partial charge in [-0.3, -0.25) is 4.79 Å². The fourth-order valence-electron chi connectivity index (χ4n) is 3.96. The molecule has 1 aromatic heterocycles. The average Bonchev–Trinajstić information content (AvgIpc) is 2.98. The SMILES string of the molecule is CNC(=O)c1c(C)c2c(-c3ccccc3-c3ccccc3)cccc2n1C. The molecule has 1 amide bonds. The number of hydrogen-bond donors (Lipinski definition) is 1. The molecule has 0 atom stereocenters. The molecule has 3 heteroatoms. The molecule has 27 heavy (non-hydrogen) atoms. The zero-order chi connectivity index (χ0) is 19.0. The molecule has 0 aliphatic rings. The van der Waals surface area contributed by atoms with Gasteiger partial charge in [0.1, 0.15) is 5.69 Å². The van der Waals surface area contributed by atoms with Crippen LogP contribution in [0.3, 0.4) is 0 Å². The normalized spacial score (nSPS) is 10.9. The first-order valence-electron chi connectivity index (χ1n) is 9.08. The van der Waals surface area contributed by atoms with Gasteiger partial charge in [0, 0.05) is 25.0 Å². The van der Waals surface area contributed by atoms with Crippen LogP contribution in [0, 0.1) is 6.92 Å². The summed E-state index contributed by atoms with van der Waals surface area (Å²) in [6.07, 6.45) is 0. The maximum Gasteiger partial charge on any atom is 0.267 e. The number of amides is 1. The molecular formula is C24H22N2O. The molecule has 0 bridgehead atoms. The van der Waals surface area contributed by atoms with Crippen LogP contribution in [0.2, 0.25) is 0 Å². The number of carbonyl (C=O) groups excluding carboxylic acids is 1. The van der Waals surface area contributed by atoms with E-state index in [2.05, 4.69) is 72.0 Å². The molecule has 0 radical (unpaired) electrons. The number of aromatic nitrogens is 1. The second-order valence-corrected chi connectivity index (χ2v) is 6.72. The molecule has 0 unspecified atom stereocenters. The summed E-state index contributed by atoms with van der Waals surface area (Å²) in [7, 11) is 3.62. The van der Waals surface area contributed by atoms with E-state index >= 15 is 0 Å². The molecule has 0 aliphatic heterocycles. The number of aryl methyl sites for hydroxylation is 2. The first-order valence-corrected chi connectivity index (χ1v) is 9.08. The predicted molar refractivity (Wildman–Crippen MR) is 112 cm³/mol. The summed E-state index contributed by atoms with van der Waals surface area (Å²) in [5, 5.41) is 3.89. The zero-order valence-electron chi connectivity index (χ0n) is 15.8. The van der Waals surface area contributed by atoms with Crippen LogP contribution >= 0.6 is 0 Å². The van der Waals surface area contributed by atoms with Crippen molar-refractivity contribution in [3.8, 4) is 22.3 Å². The summed E-state index contributed by atoms with van der Waals surface area (Å²) in [4.78, 5) is 12.4. The number of fused-ring (bicyclic) bond motifs is 1. The molecule has 1 heterocycles. The van der Waals surface area contributed by atoms with Gasteiger partial charge in [-0.1, -0.05) is 66.7 Å². The van der Waals surface area contributed by atoms with Crippen molar-refractivity contribution in [3.05, 3.63) is 84.1 Å². The molecule has 0 saturated carbocycles. The summed E-state index contributed by atoms with van der Waals surface area (Å²) in [6.45, 7) is 2.03. The van der Waals surface area contributed by atoms with Crippen molar-refractivity contribution in [1.82, 2.24) is 9.88 Å². The summed E-state index contributed by atoms with van der Waals surface area (Å²) in [5.41, 5.74) is 7.47. The minimum Gasteiger partial charge on any atom is -0.354 e. The van der Waals surface area contributed by atoms with Gasteiger partial charge >= 0.3 is 0 Å². The number of nitrogens with zero attached hydrogens (tertiary/aromatic N) is 1. The van der Waals surface area contributed by atoms with E-state index in [9.17, 15) is 4.79 Å². The van der Waals surface area contributed by atoms with Gasteiger partial charge in [0.2, 0.25) is 0 Å². The van der Waals surface area contributed by atoms with Gasteiger partial charge in [-0.05, 0) is 40.8 Å². The minimum absolute atomic E-state index is 0.0616. The molecule has 1 N–H and O–H groups in total. The first kappa shape index (κ1) is 17.1. The minimum atomic E-state index is -0.0616. The fourth-order valence-corrected chi connectivity index (χ4v) is 3.96. The monoisotopic (exact) mass is 354 g/mol. The van der Waals surface area contributed by atoms with E-state index in [1.165, 1.54) is 16.7 Å². The Morgan fingerprint density at radius 2 is 1.44 bits per heavy atom. The highest BCUT2D eigenvalue weighted by atomic mass is 16.1. The Bertz CT molecular complexity index is 1140. The number of rotatable bonds is 3. The van der Waals surface area contributed by atoms with E-state index < -0.39 is 0 Å². The molecular weight excluding hydrogens is 332 g/mol. The van der Waals surface area contributed by atoms with E-state index in [0.717, 1.165) is 22.0 Å². The lowest BCUT2D eigenvalue weighted by molar-refractivity contribution is 0.0955. The molecule has 0 aliphatic carbocycles. The summed E-state index contributed by atoms with van der Waals surface area (Å²) >= 11 is 0. The summed E-state index contributed by atoms with van der Waals surface area (Å²) in [5.74, 6) is -0.0616. The lowest BCUT2D eigenvalue weighted by atomic mass is 9.91. The van der Waals surface area contributed by atoms with Crippen LogP contribution in [0.5, 0.6) is 0 Å². The molecule has 4 rings (SSSR count). The molecule has 0 saturated heterocycles. The molecule has 3 aromatic carbocycles. The number of carbonyl (C=O) groups is 1. The number of benzene rings is 3. The third-order valence-corrected chi connectivity index (χ3v) is 5.21. The quantitative estimate of drug-likeness (QED) is 0.540. The Morgan fingerprint density at radius 1 is 0.815 bits per heavy atom. The average molecular weight is 354 g/mol. The maximum atomic E-state index is 12.4. The number of nitrogens with one attached hydrogen (secondary N) is 1. The smallest absolute Gasteiger partial charge is 0.267 e. The van der Waals surface area contributed by atoms with Crippen molar-refractivity contribution in [1.29, 1.82) is 0 Å². The van der Waals surface area contributed by atoms with Crippen LogP contribution in [0.15, 0.2) is 72.8 Å². The predicted octanol–water partition coefficient (Wildman–Crippen LogP) is 5.18. The van der Waals surface area contributed by atoms with E-state index in [1.54, 1.807) is 7.05 Å². The second-order valence-electron chi connectivity index (χ2n) is 6.72. The van der Waals surface area contributed by atoms with Gasteiger partial charge in [0.05, 0.1) is 0 Å². The maximum absolute atomic E-state index is 12.4.